The Labute approximate surface area is 116 Å². The molecular formula is C14H15N5O. The Kier molecular flexibility index (Phi) is 3.20. The maximum Gasteiger partial charge on any atom is 0.163 e. The van der Waals surface area contributed by atoms with Crippen molar-refractivity contribution >= 4 is 16.9 Å². The molecule has 0 atom stereocenters. The molecule has 0 spiro atoms. The molecule has 0 bridgehead atoms. The quantitative estimate of drug-likeness (QED) is 0.784. The van der Waals surface area contributed by atoms with Crippen molar-refractivity contribution in [1.82, 2.24) is 19.7 Å². The van der Waals surface area contributed by atoms with Gasteiger partial charge in [-0.1, -0.05) is 12.1 Å². The predicted molar refractivity (Wildman–Crippen MR) is 76.6 cm³/mol. The van der Waals surface area contributed by atoms with E-state index in [1.54, 1.807) is 18.0 Å². The van der Waals surface area contributed by atoms with Gasteiger partial charge in [0.25, 0.3) is 0 Å². The van der Waals surface area contributed by atoms with E-state index in [2.05, 4.69) is 20.4 Å². The fraction of sp³-hybridized carbons (Fsp3) is 0.214. The Balaban J connectivity index is 1.83. The molecule has 3 aromatic rings. The van der Waals surface area contributed by atoms with Crippen LogP contribution in [0.4, 0.5) is 5.82 Å². The van der Waals surface area contributed by atoms with E-state index in [1.807, 2.05) is 31.3 Å². The van der Waals surface area contributed by atoms with Crippen LogP contribution < -0.4 is 10.1 Å². The summed E-state index contributed by atoms with van der Waals surface area (Å²) in [5, 5.41) is 8.42. The van der Waals surface area contributed by atoms with Crippen LogP contribution in [0.2, 0.25) is 0 Å². The number of methoxy groups -OCH3 is 1. The van der Waals surface area contributed by atoms with Gasteiger partial charge in [0.1, 0.15) is 17.9 Å². The lowest BCUT2D eigenvalue weighted by Crippen LogP contribution is -2.03. The number of anilines is 1. The van der Waals surface area contributed by atoms with Crippen LogP contribution >= 0.6 is 0 Å². The molecule has 6 nitrogen and oxygen atoms in total. The molecule has 3 rings (SSSR count). The first kappa shape index (κ1) is 12.4. The molecule has 0 saturated heterocycles. The van der Waals surface area contributed by atoms with Gasteiger partial charge in [0.05, 0.1) is 18.7 Å². The van der Waals surface area contributed by atoms with Crippen LogP contribution in [0.25, 0.3) is 11.0 Å². The molecule has 0 aliphatic rings. The molecule has 1 aromatic carbocycles. The summed E-state index contributed by atoms with van der Waals surface area (Å²) in [5.41, 5.74) is 1.94. The van der Waals surface area contributed by atoms with Crippen molar-refractivity contribution in [3.8, 4) is 5.75 Å². The molecule has 0 aliphatic carbocycles. The van der Waals surface area contributed by atoms with Crippen molar-refractivity contribution in [2.24, 2.45) is 7.05 Å². The molecule has 0 amide bonds. The van der Waals surface area contributed by atoms with Gasteiger partial charge in [-0.2, -0.15) is 5.10 Å². The zero-order chi connectivity index (χ0) is 13.9. The molecule has 0 fully saturated rings. The highest BCUT2D eigenvalue weighted by Crippen LogP contribution is 2.19. The monoisotopic (exact) mass is 269 g/mol. The number of benzene rings is 1. The molecule has 2 heterocycles. The maximum atomic E-state index is 5.21. The van der Waals surface area contributed by atoms with Gasteiger partial charge in [-0.15, -0.1) is 0 Å². The molecule has 2 aromatic heterocycles. The van der Waals surface area contributed by atoms with Gasteiger partial charge in [0, 0.05) is 13.6 Å². The Bertz CT molecular complexity index is 737. The largest absolute Gasteiger partial charge is 0.497 e. The minimum absolute atomic E-state index is 0.665. The molecule has 6 heteroatoms. The number of aryl methyl sites for hydroxylation is 1. The third-order valence-electron chi connectivity index (χ3n) is 3.12. The number of nitrogens with zero attached hydrogens (tertiary/aromatic N) is 4. The van der Waals surface area contributed by atoms with Gasteiger partial charge in [0.2, 0.25) is 0 Å². The van der Waals surface area contributed by atoms with Crippen molar-refractivity contribution in [3.05, 3.63) is 42.4 Å². The molecular weight excluding hydrogens is 254 g/mol. The summed E-state index contributed by atoms with van der Waals surface area (Å²) >= 11 is 0. The Morgan fingerprint density at radius 2 is 2.20 bits per heavy atom. The number of rotatable bonds is 4. The van der Waals surface area contributed by atoms with Crippen molar-refractivity contribution in [2.45, 2.75) is 6.54 Å². The van der Waals surface area contributed by atoms with E-state index < -0.39 is 0 Å². The summed E-state index contributed by atoms with van der Waals surface area (Å²) in [5.74, 6) is 1.63. The molecule has 0 unspecified atom stereocenters. The predicted octanol–water partition coefficient (Wildman–Crippen LogP) is 1.98. The third kappa shape index (κ3) is 2.27. The first-order valence-corrected chi connectivity index (χ1v) is 6.27. The van der Waals surface area contributed by atoms with Crippen LogP contribution in [0.15, 0.2) is 36.8 Å². The van der Waals surface area contributed by atoms with Crippen LogP contribution in [0, 0.1) is 0 Å². The fourth-order valence-corrected chi connectivity index (χ4v) is 2.07. The van der Waals surface area contributed by atoms with E-state index >= 15 is 0 Å². The summed E-state index contributed by atoms with van der Waals surface area (Å²) in [6.07, 6.45) is 3.31. The van der Waals surface area contributed by atoms with Crippen LogP contribution in [-0.2, 0) is 13.6 Å². The SMILES string of the molecule is COc1cccc(CNc2ncnc3c2cnn3C)c1. The van der Waals surface area contributed by atoms with Gasteiger partial charge < -0.3 is 10.1 Å². The van der Waals surface area contributed by atoms with Crippen LogP contribution in [0.1, 0.15) is 5.56 Å². The van der Waals surface area contributed by atoms with E-state index in [-0.39, 0.29) is 0 Å². The highest BCUT2D eigenvalue weighted by molar-refractivity contribution is 5.85. The molecule has 0 radical (unpaired) electrons. The van der Waals surface area contributed by atoms with E-state index in [1.165, 1.54) is 6.33 Å². The van der Waals surface area contributed by atoms with E-state index in [4.69, 9.17) is 4.74 Å². The number of nitrogens with one attached hydrogen (secondary N) is 1. The minimum atomic E-state index is 0.665. The van der Waals surface area contributed by atoms with Gasteiger partial charge in [-0.25, -0.2) is 9.97 Å². The van der Waals surface area contributed by atoms with Crippen molar-refractivity contribution < 1.29 is 4.74 Å². The number of fused-ring (bicyclic) bond motifs is 1. The number of hydrogen-bond donors (Lipinski definition) is 1. The average molecular weight is 269 g/mol. The summed E-state index contributed by atoms with van der Waals surface area (Å²) in [6, 6.07) is 7.93. The van der Waals surface area contributed by atoms with E-state index in [0.717, 1.165) is 28.2 Å². The molecule has 102 valence electrons. The highest BCUT2D eigenvalue weighted by atomic mass is 16.5. The summed E-state index contributed by atoms with van der Waals surface area (Å²) in [6.45, 7) is 0.665. The fourth-order valence-electron chi connectivity index (χ4n) is 2.07. The molecule has 0 saturated carbocycles. The zero-order valence-electron chi connectivity index (χ0n) is 11.4. The van der Waals surface area contributed by atoms with Crippen LogP contribution in [0.5, 0.6) is 5.75 Å². The third-order valence-corrected chi connectivity index (χ3v) is 3.12. The summed E-state index contributed by atoms with van der Waals surface area (Å²) in [4.78, 5) is 8.48. The minimum Gasteiger partial charge on any atom is -0.497 e. The lowest BCUT2D eigenvalue weighted by atomic mass is 10.2. The lowest BCUT2D eigenvalue weighted by molar-refractivity contribution is 0.414. The summed E-state index contributed by atoms with van der Waals surface area (Å²) in [7, 11) is 3.53. The van der Waals surface area contributed by atoms with Crippen molar-refractivity contribution in [1.29, 1.82) is 0 Å². The van der Waals surface area contributed by atoms with E-state index in [9.17, 15) is 0 Å². The van der Waals surface area contributed by atoms with E-state index in [0.29, 0.717) is 6.54 Å². The normalized spacial score (nSPS) is 10.7. The van der Waals surface area contributed by atoms with Crippen molar-refractivity contribution in [2.75, 3.05) is 12.4 Å². The molecule has 0 aliphatic heterocycles. The molecule has 20 heavy (non-hydrogen) atoms. The average Bonchev–Trinajstić information content (AvgIpc) is 2.88. The Morgan fingerprint density at radius 3 is 3.05 bits per heavy atom. The maximum absolute atomic E-state index is 5.21. The van der Waals surface area contributed by atoms with Crippen LogP contribution in [-0.4, -0.2) is 26.9 Å². The smallest absolute Gasteiger partial charge is 0.163 e. The van der Waals surface area contributed by atoms with Gasteiger partial charge in [-0.3, -0.25) is 4.68 Å². The van der Waals surface area contributed by atoms with Gasteiger partial charge >= 0.3 is 0 Å². The number of ether oxygens (including phenoxy) is 1. The highest BCUT2D eigenvalue weighted by Gasteiger charge is 2.07. The van der Waals surface area contributed by atoms with Gasteiger partial charge in [-0.05, 0) is 17.7 Å². The second-order valence-electron chi connectivity index (χ2n) is 4.43. The lowest BCUT2D eigenvalue weighted by Gasteiger charge is -2.07. The van der Waals surface area contributed by atoms with Gasteiger partial charge in [0.15, 0.2) is 5.65 Å². The zero-order valence-corrected chi connectivity index (χ0v) is 11.4. The Hall–Kier alpha value is -2.63. The Morgan fingerprint density at radius 1 is 1.30 bits per heavy atom. The first-order chi connectivity index (χ1) is 9.78. The summed E-state index contributed by atoms with van der Waals surface area (Å²) < 4.78 is 6.94. The topological polar surface area (TPSA) is 64.9 Å². The first-order valence-electron chi connectivity index (χ1n) is 6.27. The number of hydrogen-bond acceptors (Lipinski definition) is 5. The standard InChI is InChI=1S/C14H15N5O/c1-19-14-12(8-18-19)13(16-9-17-14)15-7-10-4-3-5-11(6-10)20-2/h3-6,8-9H,7H2,1-2H3,(H,15,16,17). The second kappa shape index (κ2) is 5.16. The van der Waals surface area contributed by atoms with Crippen molar-refractivity contribution in [3.63, 3.8) is 0 Å². The molecule has 1 N–H and O–H groups in total. The van der Waals surface area contributed by atoms with Crippen LogP contribution in [0.3, 0.4) is 0 Å². The number of aromatic nitrogens is 4. The second-order valence-corrected chi connectivity index (χ2v) is 4.43.